The van der Waals surface area contributed by atoms with Crippen LogP contribution in [0.1, 0.15) is 10.4 Å². The van der Waals surface area contributed by atoms with Gasteiger partial charge in [-0.2, -0.15) is 0 Å². The van der Waals surface area contributed by atoms with Gasteiger partial charge in [0.05, 0.1) is 5.56 Å². The van der Waals surface area contributed by atoms with E-state index in [1.807, 2.05) is 0 Å². The van der Waals surface area contributed by atoms with Gasteiger partial charge in [-0.05, 0) is 12.1 Å². The molecular formula is C9H11NO2. The van der Waals surface area contributed by atoms with E-state index in [0.717, 1.165) is 0 Å². The number of nitrogens with one attached hydrogen (secondary N) is 1. The van der Waals surface area contributed by atoms with E-state index in [1.165, 1.54) is 19.2 Å². The zero-order chi connectivity index (χ0) is 8.81. The van der Waals surface area contributed by atoms with E-state index >= 15 is 0 Å². The molecule has 1 aliphatic rings. The Hall–Kier alpha value is -1.35. The van der Waals surface area contributed by atoms with Gasteiger partial charge in [0.15, 0.2) is 6.29 Å². The van der Waals surface area contributed by atoms with E-state index in [-0.39, 0.29) is 5.75 Å². The average molecular weight is 165 g/mol. The van der Waals surface area contributed by atoms with Crippen LogP contribution >= 0.6 is 0 Å². The maximum atomic E-state index is 10.1. The van der Waals surface area contributed by atoms with Gasteiger partial charge in [-0.3, -0.25) is 4.79 Å². The molecule has 0 aromatic heterocycles. The van der Waals surface area contributed by atoms with E-state index in [0.29, 0.717) is 11.8 Å². The minimum absolute atomic E-state index is 0.0347. The summed E-state index contributed by atoms with van der Waals surface area (Å²) in [6.07, 6.45) is 0.620. The van der Waals surface area contributed by atoms with Gasteiger partial charge in [0, 0.05) is 13.1 Å². The largest absolute Gasteiger partial charge is 0.507 e. The number of para-hydroxylation sites is 1. The molecule has 1 aromatic rings. The fourth-order valence-corrected chi connectivity index (χ4v) is 0.587. The molecule has 0 unspecified atom stereocenters. The van der Waals surface area contributed by atoms with Crippen LogP contribution in [0.3, 0.4) is 0 Å². The van der Waals surface area contributed by atoms with Crippen molar-refractivity contribution in [2.75, 3.05) is 13.1 Å². The van der Waals surface area contributed by atoms with Gasteiger partial charge in [-0.25, -0.2) is 0 Å². The predicted octanol–water partition coefficient (Wildman–Crippen LogP) is 0.794. The summed E-state index contributed by atoms with van der Waals surface area (Å²) in [7, 11) is 0. The van der Waals surface area contributed by atoms with Gasteiger partial charge < -0.3 is 10.4 Å². The smallest absolute Gasteiger partial charge is 0.153 e. The Kier molecular flexibility index (Phi) is 3.29. The summed E-state index contributed by atoms with van der Waals surface area (Å²) >= 11 is 0. The van der Waals surface area contributed by atoms with E-state index in [2.05, 4.69) is 5.32 Å². The minimum atomic E-state index is 0.0347. The van der Waals surface area contributed by atoms with Crippen molar-refractivity contribution in [3.05, 3.63) is 29.8 Å². The number of carbonyl (C=O) groups excluding carboxylic acids is 1. The molecule has 1 saturated heterocycles. The normalized spacial score (nSPS) is 12.7. The molecular weight excluding hydrogens is 154 g/mol. The molecule has 0 spiro atoms. The number of aldehydes is 1. The molecule has 2 rings (SSSR count). The first kappa shape index (κ1) is 8.74. The van der Waals surface area contributed by atoms with Crippen molar-refractivity contribution in [1.29, 1.82) is 0 Å². The minimum Gasteiger partial charge on any atom is -0.507 e. The molecule has 0 saturated carbocycles. The first-order valence-electron chi connectivity index (χ1n) is 3.78. The molecule has 1 aliphatic heterocycles. The quantitative estimate of drug-likeness (QED) is 0.478. The maximum absolute atomic E-state index is 10.1. The Labute approximate surface area is 71.0 Å². The van der Waals surface area contributed by atoms with Crippen LogP contribution in [0.2, 0.25) is 0 Å². The fraction of sp³-hybridized carbons (Fsp3) is 0.222. The Morgan fingerprint density at radius 1 is 1.33 bits per heavy atom. The molecule has 3 heteroatoms. The number of phenolic OH excluding ortho intramolecular Hbond substituents is 1. The second-order valence-electron chi connectivity index (χ2n) is 2.43. The first-order valence-corrected chi connectivity index (χ1v) is 3.78. The molecule has 0 bridgehead atoms. The lowest BCUT2D eigenvalue weighted by molar-refractivity contribution is 0.112. The Balaban J connectivity index is 0.000000200. The summed E-state index contributed by atoms with van der Waals surface area (Å²) in [4.78, 5) is 10.1. The fourth-order valence-electron chi connectivity index (χ4n) is 0.587. The number of aromatic hydroxyl groups is 1. The highest BCUT2D eigenvalue weighted by molar-refractivity contribution is 5.78. The molecule has 0 aliphatic carbocycles. The van der Waals surface area contributed by atoms with Crippen molar-refractivity contribution in [2.24, 2.45) is 0 Å². The summed E-state index contributed by atoms with van der Waals surface area (Å²) in [6.45, 7) is 2.50. The number of carbonyl (C=O) groups is 1. The molecule has 0 atom stereocenters. The predicted molar refractivity (Wildman–Crippen MR) is 46.4 cm³/mol. The molecule has 3 nitrogen and oxygen atoms in total. The van der Waals surface area contributed by atoms with Crippen molar-refractivity contribution < 1.29 is 9.90 Å². The molecule has 12 heavy (non-hydrogen) atoms. The molecule has 1 heterocycles. The van der Waals surface area contributed by atoms with E-state index in [9.17, 15) is 4.79 Å². The Morgan fingerprint density at radius 2 is 1.92 bits per heavy atom. The highest BCUT2D eigenvalue weighted by Gasteiger charge is 1.93. The van der Waals surface area contributed by atoms with E-state index in [1.54, 1.807) is 18.2 Å². The number of hydrogen-bond acceptors (Lipinski definition) is 3. The lowest BCUT2D eigenvalue weighted by Crippen LogP contribution is -1.77. The van der Waals surface area contributed by atoms with Crippen LogP contribution in [0.15, 0.2) is 24.3 Å². The van der Waals surface area contributed by atoms with Gasteiger partial charge >= 0.3 is 0 Å². The van der Waals surface area contributed by atoms with Crippen LogP contribution in [0, 0.1) is 0 Å². The lowest BCUT2D eigenvalue weighted by Gasteiger charge is -1.91. The zero-order valence-corrected chi connectivity index (χ0v) is 6.66. The van der Waals surface area contributed by atoms with E-state index < -0.39 is 0 Å². The van der Waals surface area contributed by atoms with Crippen LogP contribution in [-0.2, 0) is 0 Å². The third kappa shape index (κ3) is 3.16. The third-order valence-corrected chi connectivity index (χ3v) is 1.31. The number of rotatable bonds is 1. The topological polar surface area (TPSA) is 59.2 Å². The highest BCUT2D eigenvalue weighted by atomic mass is 16.3. The molecule has 0 radical (unpaired) electrons. The SMILES string of the molecule is C1CN1.O=Cc1ccccc1O. The number of phenols is 1. The van der Waals surface area contributed by atoms with Crippen LogP contribution in [0.25, 0.3) is 0 Å². The zero-order valence-electron chi connectivity index (χ0n) is 6.66. The van der Waals surface area contributed by atoms with Crippen LogP contribution in [-0.4, -0.2) is 24.5 Å². The Morgan fingerprint density at radius 3 is 2.25 bits per heavy atom. The summed E-state index contributed by atoms with van der Waals surface area (Å²) < 4.78 is 0. The van der Waals surface area contributed by atoms with Crippen molar-refractivity contribution >= 4 is 6.29 Å². The number of hydrogen-bond donors (Lipinski definition) is 2. The van der Waals surface area contributed by atoms with Gasteiger partial charge in [0.25, 0.3) is 0 Å². The standard InChI is InChI=1S/C7H6O2.C2H5N/c8-5-6-3-1-2-4-7(6)9;1-2-3-1/h1-5,9H;3H,1-2H2. The van der Waals surface area contributed by atoms with Gasteiger partial charge in [0.1, 0.15) is 5.75 Å². The molecule has 1 aromatic carbocycles. The second-order valence-corrected chi connectivity index (χ2v) is 2.43. The van der Waals surface area contributed by atoms with Gasteiger partial charge in [0.2, 0.25) is 0 Å². The third-order valence-electron chi connectivity index (χ3n) is 1.31. The molecule has 2 N–H and O–H groups in total. The van der Waals surface area contributed by atoms with Crippen molar-refractivity contribution in [2.45, 2.75) is 0 Å². The van der Waals surface area contributed by atoms with Crippen molar-refractivity contribution in [1.82, 2.24) is 5.32 Å². The van der Waals surface area contributed by atoms with Crippen LogP contribution in [0.4, 0.5) is 0 Å². The van der Waals surface area contributed by atoms with Gasteiger partial charge in [-0.15, -0.1) is 0 Å². The van der Waals surface area contributed by atoms with Crippen molar-refractivity contribution in [3.63, 3.8) is 0 Å². The summed E-state index contributed by atoms with van der Waals surface area (Å²) in [6, 6.07) is 6.40. The van der Waals surface area contributed by atoms with Gasteiger partial charge in [-0.1, -0.05) is 12.1 Å². The van der Waals surface area contributed by atoms with Crippen LogP contribution < -0.4 is 5.32 Å². The van der Waals surface area contributed by atoms with E-state index in [4.69, 9.17) is 5.11 Å². The highest BCUT2D eigenvalue weighted by Crippen LogP contribution is 2.11. The maximum Gasteiger partial charge on any atom is 0.153 e. The molecule has 64 valence electrons. The van der Waals surface area contributed by atoms with Crippen LogP contribution in [0.5, 0.6) is 5.75 Å². The average Bonchev–Trinajstić information content (AvgIpc) is 2.91. The summed E-state index contributed by atoms with van der Waals surface area (Å²) in [5, 5.41) is 11.9. The van der Waals surface area contributed by atoms with Crippen molar-refractivity contribution in [3.8, 4) is 5.75 Å². The number of benzene rings is 1. The lowest BCUT2D eigenvalue weighted by atomic mass is 10.2. The second kappa shape index (κ2) is 4.51. The molecule has 1 fully saturated rings. The first-order chi connectivity index (χ1) is 5.84. The monoisotopic (exact) mass is 165 g/mol. The summed E-state index contributed by atoms with van der Waals surface area (Å²) in [5.41, 5.74) is 0.331. The summed E-state index contributed by atoms with van der Waals surface area (Å²) in [5.74, 6) is 0.0347. The molecule has 0 amide bonds. The Bertz CT molecular complexity index is 256.